The maximum Gasteiger partial charge on any atom is 0.00819 e. The molecule has 1 aliphatic carbocycles. The van der Waals surface area contributed by atoms with Gasteiger partial charge in [0.15, 0.2) is 0 Å². The van der Waals surface area contributed by atoms with E-state index >= 15 is 0 Å². The second-order valence-electron chi connectivity index (χ2n) is 6.48. The number of rotatable bonds is 2. The number of hydrogen-bond acceptors (Lipinski definition) is 2. The molecule has 0 spiro atoms. The lowest BCUT2D eigenvalue weighted by Gasteiger charge is -2.43. The minimum atomic E-state index is 0.449. The van der Waals surface area contributed by atoms with Crippen molar-refractivity contribution in [3.05, 3.63) is 0 Å². The van der Waals surface area contributed by atoms with Gasteiger partial charge in [-0.1, -0.05) is 26.2 Å². The van der Waals surface area contributed by atoms with Crippen LogP contribution in [0.5, 0.6) is 0 Å². The quantitative estimate of drug-likeness (QED) is 0.781. The van der Waals surface area contributed by atoms with E-state index in [1.807, 2.05) is 0 Å². The van der Waals surface area contributed by atoms with Gasteiger partial charge in [-0.2, -0.15) is 0 Å². The predicted octanol–water partition coefficient (Wildman–Crippen LogP) is 2.77. The first-order chi connectivity index (χ1) is 7.59. The lowest BCUT2D eigenvalue weighted by atomic mass is 9.75. The van der Waals surface area contributed by atoms with Crippen LogP contribution in [0, 0.1) is 5.41 Å². The van der Waals surface area contributed by atoms with Gasteiger partial charge in [0.05, 0.1) is 0 Å². The second kappa shape index (κ2) is 5.05. The molecule has 1 aliphatic heterocycles. The van der Waals surface area contributed by atoms with Crippen LogP contribution in [0.2, 0.25) is 0 Å². The van der Waals surface area contributed by atoms with Crippen molar-refractivity contribution in [3.63, 3.8) is 0 Å². The lowest BCUT2D eigenvalue weighted by molar-refractivity contribution is 0.0676. The van der Waals surface area contributed by atoms with Crippen molar-refractivity contribution >= 4 is 0 Å². The first-order valence-electron chi connectivity index (χ1n) is 7.09. The minimum absolute atomic E-state index is 0.449. The van der Waals surface area contributed by atoms with E-state index in [1.54, 1.807) is 0 Å². The summed E-state index contributed by atoms with van der Waals surface area (Å²) >= 11 is 0. The van der Waals surface area contributed by atoms with Gasteiger partial charge in [0.25, 0.3) is 0 Å². The molecule has 16 heavy (non-hydrogen) atoms. The van der Waals surface area contributed by atoms with Crippen molar-refractivity contribution in [2.24, 2.45) is 11.1 Å². The fourth-order valence-electron chi connectivity index (χ4n) is 3.55. The van der Waals surface area contributed by atoms with Crippen LogP contribution in [0.3, 0.4) is 0 Å². The molecule has 1 heterocycles. The third-order valence-electron chi connectivity index (χ3n) is 4.70. The zero-order chi connectivity index (χ0) is 11.6. The van der Waals surface area contributed by atoms with E-state index in [2.05, 4.69) is 18.7 Å². The maximum atomic E-state index is 6.03. The Balaban J connectivity index is 1.88. The average Bonchev–Trinajstić information content (AvgIpc) is 2.23. The van der Waals surface area contributed by atoms with Gasteiger partial charge < -0.3 is 10.6 Å². The molecule has 0 radical (unpaired) electrons. The summed E-state index contributed by atoms with van der Waals surface area (Å²) < 4.78 is 0. The van der Waals surface area contributed by atoms with E-state index in [1.165, 1.54) is 58.0 Å². The third kappa shape index (κ3) is 2.98. The summed E-state index contributed by atoms with van der Waals surface area (Å²) in [7, 11) is 0. The summed E-state index contributed by atoms with van der Waals surface area (Å²) in [6.07, 6.45) is 9.59. The van der Waals surface area contributed by atoms with Crippen LogP contribution in [0.1, 0.15) is 58.8 Å². The molecule has 2 nitrogen and oxygen atoms in total. The zero-order valence-corrected chi connectivity index (χ0v) is 11.0. The average molecular weight is 224 g/mol. The highest BCUT2D eigenvalue weighted by atomic mass is 15.2. The summed E-state index contributed by atoms with van der Waals surface area (Å²) in [5.41, 5.74) is 6.62. The molecular weight excluding hydrogens is 196 g/mol. The smallest absolute Gasteiger partial charge is 0.00819 e. The Morgan fingerprint density at radius 1 is 1.25 bits per heavy atom. The standard InChI is InChI=1S/C14H28N2/c1-12-10-13(15)6-9-16(12)11-14(2)7-4-3-5-8-14/h12-13H,3-11,15H2,1-2H3. The lowest BCUT2D eigenvalue weighted by Crippen LogP contribution is -2.49. The van der Waals surface area contributed by atoms with Crippen molar-refractivity contribution < 1.29 is 0 Å². The largest absolute Gasteiger partial charge is 0.328 e. The Kier molecular flexibility index (Phi) is 3.91. The van der Waals surface area contributed by atoms with Gasteiger partial charge in [-0.05, 0) is 44.6 Å². The molecule has 1 saturated carbocycles. The van der Waals surface area contributed by atoms with Crippen molar-refractivity contribution in [2.45, 2.75) is 70.9 Å². The molecule has 2 aliphatic rings. The number of hydrogen-bond donors (Lipinski definition) is 1. The number of nitrogens with two attached hydrogens (primary N) is 1. The van der Waals surface area contributed by atoms with Crippen LogP contribution in [0.15, 0.2) is 0 Å². The van der Waals surface area contributed by atoms with Gasteiger partial charge in [0, 0.05) is 18.6 Å². The van der Waals surface area contributed by atoms with Gasteiger partial charge in [0.2, 0.25) is 0 Å². The normalized spacial score (nSPS) is 36.2. The highest BCUT2D eigenvalue weighted by Gasteiger charge is 2.32. The van der Waals surface area contributed by atoms with Crippen LogP contribution in [-0.4, -0.2) is 30.1 Å². The van der Waals surface area contributed by atoms with Crippen LogP contribution in [0.4, 0.5) is 0 Å². The topological polar surface area (TPSA) is 29.3 Å². The molecule has 2 N–H and O–H groups in total. The van der Waals surface area contributed by atoms with Crippen molar-refractivity contribution in [1.29, 1.82) is 0 Å². The SMILES string of the molecule is CC1CC(N)CCN1CC1(C)CCCCC1. The predicted molar refractivity (Wildman–Crippen MR) is 69.4 cm³/mol. The van der Waals surface area contributed by atoms with Gasteiger partial charge in [-0.15, -0.1) is 0 Å². The number of nitrogens with zero attached hydrogens (tertiary/aromatic N) is 1. The molecule has 2 heteroatoms. The minimum Gasteiger partial charge on any atom is -0.328 e. The first-order valence-corrected chi connectivity index (χ1v) is 7.09. The van der Waals surface area contributed by atoms with E-state index in [0.717, 1.165) is 0 Å². The molecule has 0 bridgehead atoms. The molecule has 1 saturated heterocycles. The molecule has 94 valence electrons. The molecule has 0 aromatic carbocycles. The Morgan fingerprint density at radius 2 is 1.94 bits per heavy atom. The summed E-state index contributed by atoms with van der Waals surface area (Å²) in [4.78, 5) is 2.69. The van der Waals surface area contributed by atoms with E-state index in [9.17, 15) is 0 Å². The highest BCUT2D eigenvalue weighted by molar-refractivity contribution is 4.87. The Labute approximate surface area is 101 Å². The van der Waals surface area contributed by atoms with Crippen LogP contribution in [0.25, 0.3) is 0 Å². The molecule has 2 atom stereocenters. The van der Waals surface area contributed by atoms with Crippen LogP contribution >= 0.6 is 0 Å². The van der Waals surface area contributed by atoms with E-state index in [4.69, 9.17) is 5.73 Å². The van der Waals surface area contributed by atoms with Crippen molar-refractivity contribution in [2.75, 3.05) is 13.1 Å². The summed E-state index contributed by atoms with van der Waals surface area (Å²) in [6.45, 7) is 7.37. The van der Waals surface area contributed by atoms with E-state index in [-0.39, 0.29) is 0 Å². The summed E-state index contributed by atoms with van der Waals surface area (Å²) in [5.74, 6) is 0. The summed E-state index contributed by atoms with van der Waals surface area (Å²) in [5, 5.41) is 0. The van der Waals surface area contributed by atoms with Gasteiger partial charge in [-0.25, -0.2) is 0 Å². The Morgan fingerprint density at radius 3 is 2.56 bits per heavy atom. The first kappa shape index (κ1) is 12.4. The highest BCUT2D eigenvalue weighted by Crippen LogP contribution is 2.37. The molecule has 0 aromatic rings. The van der Waals surface area contributed by atoms with Gasteiger partial charge in [-0.3, -0.25) is 0 Å². The third-order valence-corrected chi connectivity index (χ3v) is 4.70. The maximum absolute atomic E-state index is 6.03. The zero-order valence-electron chi connectivity index (χ0n) is 11.0. The molecule has 2 fully saturated rings. The van der Waals surface area contributed by atoms with E-state index in [0.29, 0.717) is 17.5 Å². The fourth-order valence-corrected chi connectivity index (χ4v) is 3.55. The fraction of sp³-hybridized carbons (Fsp3) is 1.00. The number of likely N-dealkylation sites (tertiary alicyclic amines) is 1. The molecule has 0 aromatic heterocycles. The monoisotopic (exact) mass is 224 g/mol. The van der Waals surface area contributed by atoms with Crippen LogP contribution in [-0.2, 0) is 0 Å². The Hall–Kier alpha value is -0.0800. The molecule has 2 rings (SSSR count). The summed E-state index contributed by atoms with van der Waals surface area (Å²) in [6, 6.07) is 1.15. The van der Waals surface area contributed by atoms with Gasteiger partial charge in [0.1, 0.15) is 0 Å². The Bertz CT molecular complexity index is 221. The van der Waals surface area contributed by atoms with E-state index < -0.39 is 0 Å². The second-order valence-corrected chi connectivity index (χ2v) is 6.48. The number of piperidine rings is 1. The molecule has 0 amide bonds. The van der Waals surface area contributed by atoms with Crippen molar-refractivity contribution in [1.82, 2.24) is 4.90 Å². The van der Waals surface area contributed by atoms with Crippen molar-refractivity contribution in [3.8, 4) is 0 Å². The molecule has 2 unspecified atom stereocenters. The van der Waals surface area contributed by atoms with Gasteiger partial charge >= 0.3 is 0 Å². The van der Waals surface area contributed by atoms with Crippen LogP contribution < -0.4 is 5.73 Å². The molecular formula is C14H28N2.